The van der Waals surface area contributed by atoms with Crippen LogP contribution in [0.15, 0.2) is 18.5 Å². The first-order chi connectivity index (χ1) is 13.5. The van der Waals surface area contributed by atoms with Crippen LogP contribution in [-0.2, 0) is 11.3 Å². The molecule has 1 aromatic heterocycles. The van der Waals surface area contributed by atoms with Gasteiger partial charge in [-0.25, -0.2) is 0 Å². The minimum Gasteiger partial charge on any atom is -0.390 e. The maximum absolute atomic E-state index is 13.2. The molecule has 0 aromatic carbocycles. The third kappa shape index (κ3) is 2.39. The van der Waals surface area contributed by atoms with Gasteiger partial charge in [-0.15, -0.1) is 0 Å². The molecule has 1 unspecified atom stereocenters. The van der Waals surface area contributed by atoms with Gasteiger partial charge in [0.25, 0.3) is 0 Å². The van der Waals surface area contributed by atoms with Crippen LogP contribution in [0, 0.1) is 46.8 Å². The monoisotopic (exact) mass is 382 g/mol. The molecule has 1 heterocycles. The summed E-state index contributed by atoms with van der Waals surface area (Å²) < 4.78 is 1.80. The lowest BCUT2D eigenvalue weighted by Gasteiger charge is -2.56. The summed E-state index contributed by atoms with van der Waals surface area (Å²) in [6, 6.07) is 1.90. The van der Waals surface area contributed by atoms with E-state index >= 15 is 0 Å². The van der Waals surface area contributed by atoms with Crippen LogP contribution in [0.25, 0.3) is 0 Å². The Kier molecular flexibility index (Phi) is 3.75. The smallest absolute Gasteiger partial charge is 0.157 e. The standard InChI is InChI=1S/C24H34N2O2/c1-23-9-7-15-16-8-10-24(28)13-21(24)18(16)4-3-17(15)19(23)5-6-20(23)22(27)14-26-12-2-11-25-26/h2,11-12,15-21,28H,3-10,13-14H2,1H3/t15-,16-,17-,18+,19+,20-,21?,23+,24+/m1/s1. The predicted octanol–water partition coefficient (Wildman–Crippen LogP) is 4.08. The van der Waals surface area contributed by atoms with Crippen molar-refractivity contribution in [1.29, 1.82) is 0 Å². The fourth-order valence-corrected chi connectivity index (χ4v) is 8.88. The molecule has 5 aliphatic rings. The molecule has 152 valence electrons. The summed E-state index contributed by atoms with van der Waals surface area (Å²) >= 11 is 0. The van der Waals surface area contributed by atoms with Gasteiger partial charge in [0.15, 0.2) is 5.78 Å². The van der Waals surface area contributed by atoms with Crippen molar-refractivity contribution < 1.29 is 9.90 Å². The van der Waals surface area contributed by atoms with E-state index in [2.05, 4.69) is 12.0 Å². The molecule has 9 atom stereocenters. The van der Waals surface area contributed by atoms with E-state index in [1.54, 1.807) is 10.9 Å². The minimum absolute atomic E-state index is 0.202. The van der Waals surface area contributed by atoms with E-state index in [-0.39, 0.29) is 16.9 Å². The lowest BCUT2D eigenvalue weighted by Crippen LogP contribution is -2.50. The van der Waals surface area contributed by atoms with Crippen molar-refractivity contribution in [2.75, 3.05) is 0 Å². The van der Waals surface area contributed by atoms with Crippen molar-refractivity contribution >= 4 is 5.78 Å². The van der Waals surface area contributed by atoms with Gasteiger partial charge in [-0.2, -0.15) is 5.10 Å². The summed E-state index contributed by atoms with van der Waals surface area (Å²) in [5, 5.41) is 14.9. The molecule has 0 spiro atoms. The molecule has 0 amide bonds. The molecule has 5 fully saturated rings. The van der Waals surface area contributed by atoms with Gasteiger partial charge in [-0.05, 0) is 105 Å². The van der Waals surface area contributed by atoms with Crippen LogP contribution >= 0.6 is 0 Å². The Bertz CT molecular complexity index is 776. The van der Waals surface area contributed by atoms with Gasteiger partial charge in [0.2, 0.25) is 0 Å². The molecule has 5 aliphatic carbocycles. The second kappa shape index (κ2) is 5.93. The summed E-state index contributed by atoms with van der Waals surface area (Å²) in [7, 11) is 0. The second-order valence-corrected chi connectivity index (χ2v) is 11.1. The fourth-order valence-electron chi connectivity index (χ4n) is 8.88. The lowest BCUT2D eigenvalue weighted by atomic mass is 9.49. The normalized spacial score (nSPS) is 51.6. The molecule has 0 saturated heterocycles. The number of carbonyl (C=O) groups is 1. The molecule has 0 bridgehead atoms. The van der Waals surface area contributed by atoms with Crippen molar-refractivity contribution in [2.45, 2.75) is 76.9 Å². The number of aliphatic hydroxyl groups is 1. The van der Waals surface area contributed by atoms with E-state index in [1.165, 1.54) is 38.5 Å². The molecular formula is C24H34N2O2. The van der Waals surface area contributed by atoms with Crippen LogP contribution in [0.2, 0.25) is 0 Å². The molecule has 0 radical (unpaired) electrons. The molecule has 4 nitrogen and oxygen atoms in total. The number of rotatable bonds is 3. The maximum atomic E-state index is 13.2. The van der Waals surface area contributed by atoms with Crippen LogP contribution in [0.3, 0.4) is 0 Å². The number of ketones is 1. The van der Waals surface area contributed by atoms with E-state index in [4.69, 9.17) is 0 Å². The summed E-state index contributed by atoms with van der Waals surface area (Å²) in [4.78, 5) is 13.2. The van der Waals surface area contributed by atoms with E-state index in [0.29, 0.717) is 18.2 Å². The van der Waals surface area contributed by atoms with Crippen LogP contribution in [0.4, 0.5) is 0 Å². The van der Waals surface area contributed by atoms with Gasteiger partial charge in [0.1, 0.15) is 0 Å². The van der Waals surface area contributed by atoms with E-state index in [9.17, 15) is 9.90 Å². The minimum atomic E-state index is -0.269. The molecular weight excluding hydrogens is 348 g/mol. The molecule has 1 N–H and O–H groups in total. The number of nitrogens with zero attached hydrogens (tertiary/aromatic N) is 2. The Balaban J connectivity index is 1.21. The summed E-state index contributed by atoms with van der Waals surface area (Å²) in [6.45, 7) is 2.89. The van der Waals surface area contributed by atoms with Gasteiger partial charge < -0.3 is 5.11 Å². The first kappa shape index (κ1) is 17.7. The van der Waals surface area contributed by atoms with Crippen LogP contribution in [-0.4, -0.2) is 26.3 Å². The Hall–Kier alpha value is -1.16. The average molecular weight is 383 g/mol. The number of Topliss-reactive ketones (excluding diaryl/α,β-unsaturated/α-hetero) is 1. The fraction of sp³-hybridized carbons (Fsp3) is 0.833. The quantitative estimate of drug-likeness (QED) is 0.857. The number of fused-ring (bicyclic) bond motifs is 7. The topological polar surface area (TPSA) is 55.1 Å². The maximum Gasteiger partial charge on any atom is 0.157 e. The van der Waals surface area contributed by atoms with E-state index in [0.717, 1.165) is 48.9 Å². The molecule has 6 rings (SSSR count). The second-order valence-electron chi connectivity index (χ2n) is 11.1. The zero-order valence-corrected chi connectivity index (χ0v) is 17.1. The molecule has 5 saturated carbocycles. The zero-order chi connectivity index (χ0) is 19.1. The summed E-state index contributed by atoms with van der Waals surface area (Å²) in [5.74, 6) is 5.32. The zero-order valence-electron chi connectivity index (χ0n) is 17.1. The van der Waals surface area contributed by atoms with Crippen LogP contribution in [0.1, 0.15) is 64.7 Å². The number of hydrogen-bond acceptors (Lipinski definition) is 3. The highest BCUT2D eigenvalue weighted by Gasteiger charge is 2.65. The van der Waals surface area contributed by atoms with Crippen molar-refractivity contribution in [2.24, 2.45) is 46.8 Å². The van der Waals surface area contributed by atoms with E-state index in [1.807, 2.05) is 12.3 Å². The number of carbonyl (C=O) groups excluding carboxylic acids is 1. The largest absolute Gasteiger partial charge is 0.390 e. The molecule has 1 aromatic rings. The van der Waals surface area contributed by atoms with Gasteiger partial charge in [0.05, 0.1) is 12.1 Å². The molecule has 0 aliphatic heterocycles. The summed E-state index contributed by atoms with van der Waals surface area (Å²) in [5.41, 5.74) is -0.0677. The average Bonchev–Trinajstić information content (AvgIpc) is 3.00. The SMILES string of the molecule is C[C@]12CC[C@@H]3[C@H]4CC[C@]5(O)CC5[C@H]4CC[C@H]3[C@@H]1CC[C@@H]2C(=O)Cn1cccn1. The van der Waals surface area contributed by atoms with Crippen molar-refractivity contribution in [3.8, 4) is 0 Å². The predicted molar refractivity (Wildman–Crippen MR) is 106 cm³/mol. The van der Waals surface area contributed by atoms with Gasteiger partial charge in [-0.3, -0.25) is 9.48 Å². The Labute approximate surface area is 168 Å². The Morgan fingerprint density at radius 2 is 1.79 bits per heavy atom. The van der Waals surface area contributed by atoms with Gasteiger partial charge in [0, 0.05) is 18.3 Å². The van der Waals surface area contributed by atoms with Gasteiger partial charge in [-0.1, -0.05) is 6.92 Å². The molecule has 28 heavy (non-hydrogen) atoms. The highest BCUT2D eigenvalue weighted by molar-refractivity contribution is 5.82. The van der Waals surface area contributed by atoms with Crippen molar-refractivity contribution in [3.63, 3.8) is 0 Å². The Morgan fingerprint density at radius 1 is 1.04 bits per heavy atom. The van der Waals surface area contributed by atoms with Crippen LogP contribution < -0.4 is 0 Å². The first-order valence-corrected chi connectivity index (χ1v) is 11.7. The Morgan fingerprint density at radius 3 is 2.54 bits per heavy atom. The van der Waals surface area contributed by atoms with Crippen molar-refractivity contribution in [3.05, 3.63) is 18.5 Å². The van der Waals surface area contributed by atoms with Crippen molar-refractivity contribution in [1.82, 2.24) is 9.78 Å². The third-order valence-corrected chi connectivity index (χ3v) is 10.2. The van der Waals surface area contributed by atoms with E-state index < -0.39 is 0 Å². The van der Waals surface area contributed by atoms with Gasteiger partial charge >= 0.3 is 0 Å². The number of aromatic nitrogens is 2. The first-order valence-electron chi connectivity index (χ1n) is 11.7. The number of hydrogen-bond donors (Lipinski definition) is 1. The third-order valence-electron chi connectivity index (χ3n) is 10.2. The highest BCUT2D eigenvalue weighted by Crippen LogP contribution is 2.68. The molecule has 4 heteroatoms. The van der Waals surface area contributed by atoms with Crippen LogP contribution in [0.5, 0.6) is 0 Å². The summed E-state index contributed by atoms with van der Waals surface area (Å²) in [6.07, 6.45) is 14.6. The highest BCUT2D eigenvalue weighted by atomic mass is 16.3. The lowest BCUT2D eigenvalue weighted by molar-refractivity contribution is -0.131.